The lowest BCUT2D eigenvalue weighted by molar-refractivity contribution is 0.0946. The van der Waals surface area contributed by atoms with Crippen molar-refractivity contribution in [3.63, 3.8) is 0 Å². The van der Waals surface area contributed by atoms with Crippen LogP contribution in [-0.2, 0) is 13.0 Å². The van der Waals surface area contributed by atoms with Crippen molar-refractivity contribution in [2.75, 3.05) is 11.9 Å². The van der Waals surface area contributed by atoms with E-state index in [4.69, 9.17) is 11.6 Å². The second-order valence-corrected chi connectivity index (χ2v) is 6.07. The molecule has 3 rings (SSSR count). The lowest BCUT2D eigenvalue weighted by atomic mass is 10.1. The molecular weight excluding hydrogens is 350 g/mol. The fourth-order valence-corrected chi connectivity index (χ4v) is 2.46. The number of benzene rings is 1. The Balaban J connectivity index is 1.52. The van der Waals surface area contributed by atoms with E-state index in [-0.39, 0.29) is 5.91 Å². The van der Waals surface area contributed by atoms with Gasteiger partial charge in [-0.1, -0.05) is 23.7 Å². The highest BCUT2D eigenvalue weighted by atomic mass is 35.5. The summed E-state index contributed by atoms with van der Waals surface area (Å²) < 4.78 is 0. The maximum absolute atomic E-state index is 12.2. The second kappa shape index (κ2) is 8.92. The second-order valence-electron chi connectivity index (χ2n) is 5.63. The number of carbonyl (C=O) groups is 1. The summed E-state index contributed by atoms with van der Waals surface area (Å²) in [6, 6.07) is 13.1. The van der Waals surface area contributed by atoms with Crippen LogP contribution in [0.4, 0.5) is 5.82 Å². The third-order valence-corrected chi connectivity index (χ3v) is 3.99. The first kappa shape index (κ1) is 17.8. The quantitative estimate of drug-likeness (QED) is 0.670. The first-order chi connectivity index (χ1) is 12.7. The summed E-state index contributed by atoms with van der Waals surface area (Å²) in [6.45, 7) is 1.11. The molecule has 6 nitrogen and oxygen atoms in total. The number of hydrogen-bond acceptors (Lipinski definition) is 5. The monoisotopic (exact) mass is 367 g/mol. The number of halogens is 1. The van der Waals surface area contributed by atoms with Gasteiger partial charge in [0.05, 0.1) is 0 Å². The van der Waals surface area contributed by atoms with E-state index >= 15 is 0 Å². The van der Waals surface area contributed by atoms with Crippen molar-refractivity contribution in [3.8, 4) is 0 Å². The van der Waals surface area contributed by atoms with Crippen LogP contribution in [0.2, 0.25) is 5.02 Å². The van der Waals surface area contributed by atoms with Gasteiger partial charge in [0, 0.05) is 36.6 Å². The van der Waals surface area contributed by atoms with Crippen LogP contribution in [0.1, 0.15) is 21.6 Å². The lowest BCUT2D eigenvalue weighted by Gasteiger charge is -2.08. The summed E-state index contributed by atoms with van der Waals surface area (Å²) in [4.78, 5) is 24.4. The predicted molar refractivity (Wildman–Crippen MR) is 101 cm³/mol. The number of anilines is 1. The molecule has 0 radical (unpaired) electrons. The van der Waals surface area contributed by atoms with Gasteiger partial charge in [0.1, 0.15) is 17.8 Å². The van der Waals surface area contributed by atoms with Crippen LogP contribution in [0.25, 0.3) is 0 Å². The molecule has 1 aromatic carbocycles. The molecule has 2 N–H and O–H groups in total. The average Bonchev–Trinajstić information content (AvgIpc) is 2.69. The lowest BCUT2D eigenvalue weighted by Crippen LogP contribution is -2.24. The molecule has 26 heavy (non-hydrogen) atoms. The van der Waals surface area contributed by atoms with E-state index in [1.165, 1.54) is 11.9 Å². The Kier molecular flexibility index (Phi) is 6.11. The number of nitrogens with zero attached hydrogens (tertiary/aromatic N) is 3. The maximum atomic E-state index is 12.2. The average molecular weight is 368 g/mol. The summed E-state index contributed by atoms with van der Waals surface area (Å²) in [5, 5.41) is 6.76. The van der Waals surface area contributed by atoms with Crippen molar-refractivity contribution in [3.05, 3.63) is 83.0 Å². The summed E-state index contributed by atoms with van der Waals surface area (Å²) in [5.41, 5.74) is 2.47. The van der Waals surface area contributed by atoms with Gasteiger partial charge in [-0.05, 0) is 41.8 Å². The highest BCUT2D eigenvalue weighted by molar-refractivity contribution is 6.30. The van der Waals surface area contributed by atoms with Crippen LogP contribution < -0.4 is 10.6 Å². The molecule has 7 heteroatoms. The van der Waals surface area contributed by atoms with Crippen LogP contribution in [0.3, 0.4) is 0 Å². The number of amides is 1. The predicted octanol–water partition coefficient (Wildman–Crippen LogP) is 3.11. The van der Waals surface area contributed by atoms with E-state index in [1.807, 2.05) is 36.4 Å². The van der Waals surface area contributed by atoms with Gasteiger partial charge in [0.25, 0.3) is 5.91 Å². The Morgan fingerprint density at radius 2 is 1.77 bits per heavy atom. The van der Waals surface area contributed by atoms with Crippen LogP contribution in [0.5, 0.6) is 0 Å². The molecule has 0 atom stereocenters. The van der Waals surface area contributed by atoms with E-state index in [2.05, 4.69) is 25.6 Å². The highest BCUT2D eigenvalue weighted by Crippen LogP contribution is 2.10. The molecule has 0 saturated heterocycles. The van der Waals surface area contributed by atoms with Gasteiger partial charge in [-0.25, -0.2) is 9.97 Å². The molecule has 0 spiro atoms. The minimum Gasteiger partial charge on any atom is -0.370 e. The summed E-state index contributed by atoms with van der Waals surface area (Å²) >= 11 is 5.88. The Morgan fingerprint density at radius 1 is 1.00 bits per heavy atom. The van der Waals surface area contributed by atoms with Crippen molar-refractivity contribution in [1.82, 2.24) is 20.3 Å². The molecule has 3 aromatic rings. The molecular formula is C19H18ClN5O. The number of carbonyl (C=O) groups excluding carboxylic acids is 1. The third-order valence-electron chi connectivity index (χ3n) is 3.74. The van der Waals surface area contributed by atoms with Crippen molar-refractivity contribution in [2.45, 2.75) is 13.0 Å². The zero-order valence-corrected chi connectivity index (χ0v) is 14.8. The van der Waals surface area contributed by atoms with Gasteiger partial charge in [0.2, 0.25) is 0 Å². The third kappa shape index (κ3) is 5.26. The van der Waals surface area contributed by atoms with E-state index < -0.39 is 0 Å². The largest absolute Gasteiger partial charge is 0.370 e. The van der Waals surface area contributed by atoms with E-state index in [0.29, 0.717) is 24.6 Å². The van der Waals surface area contributed by atoms with Crippen LogP contribution in [-0.4, -0.2) is 27.4 Å². The Hall–Kier alpha value is -2.99. The van der Waals surface area contributed by atoms with Gasteiger partial charge < -0.3 is 10.6 Å². The van der Waals surface area contributed by atoms with E-state index in [0.717, 1.165) is 17.0 Å². The van der Waals surface area contributed by atoms with Crippen molar-refractivity contribution in [1.29, 1.82) is 0 Å². The summed E-state index contributed by atoms with van der Waals surface area (Å²) in [6.07, 6.45) is 5.58. The molecule has 0 aliphatic heterocycles. The van der Waals surface area contributed by atoms with Gasteiger partial charge >= 0.3 is 0 Å². The summed E-state index contributed by atoms with van der Waals surface area (Å²) in [7, 11) is 0. The molecule has 0 saturated carbocycles. The van der Waals surface area contributed by atoms with Crippen LogP contribution >= 0.6 is 11.6 Å². The van der Waals surface area contributed by atoms with Gasteiger partial charge in [-0.2, -0.15) is 0 Å². The Morgan fingerprint density at radius 3 is 2.54 bits per heavy atom. The number of nitrogens with one attached hydrogen (secondary N) is 2. The van der Waals surface area contributed by atoms with Crippen molar-refractivity contribution in [2.24, 2.45) is 0 Å². The van der Waals surface area contributed by atoms with Crippen molar-refractivity contribution < 1.29 is 4.79 Å². The smallest absolute Gasteiger partial charge is 0.270 e. The standard InChI is InChI=1S/C19H18ClN5O/c20-16-3-1-14(2-4-16)7-10-22-18-11-17(24-13-25-18)19(26)23-12-15-5-8-21-9-6-15/h1-6,8-9,11,13H,7,10,12H2,(H,23,26)(H,22,24,25). The zero-order chi connectivity index (χ0) is 18.2. The molecule has 0 unspecified atom stereocenters. The number of pyridine rings is 1. The van der Waals surface area contributed by atoms with E-state index in [1.54, 1.807) is 18.5 Å². The van der Waals surface area contributed by atoms with Crippen LogP contribution in [0.15, 0.2) is 61.2 Å². The van der Waals surface area contributed by atoms with Gasteiger partial charge in [-0.15, -0.1) is 0 Å². The number of rotatable bonds is 7. The first-order valence-corrected chi connectivity index (χ1v) is 8.56. The fourth-order valence-electron chi connectivity index (χ4n) is 2.34. The normalized spacial score (nSPS) is 10.3. The molecule has 1 amide bonds. The SMILES string of the molecule is O=C(NCc1ccncc1)c1cc(NCCc2ccc(Cl)cc2)ncn1. The minimum absolute atomic E-state index is 0.245. The summed E-state index contributed by atoms with van der Waals surface area (Å²) in [5.74, 6) is 0.369. The fraction of sp³-hybridized carbons (Fsp3) is 0.158. The van der Waals surface area contributed by atoms with Gasteiger partial charge in [0.15, 0.2) is 0 Å². The topological polar surface area (TPSA) is 79.8 Å². The molecule has 2 heterocycles. The minimum atomic E-state index is -0.245. The Bertz CT molecular complexity index is 855. The molecule has 132 valence electrons. The van der Waals surface area contributed by atoms with Crippen molar-refractivity contribution >= 4 is 23.3 Å². The number of aromatic nitrogens is 3. The first-order valence-electron chi connectivity index (χ1n) is 8.18. The Labute approximate surface area is 156 Å². The van der Waals surface area contributed by atoms with Crippen LogP contribution in [0, 0.1) is 0 Å². The zero-order valence-electron chi connectivity index (χ0n) is 14.0. The molecule has 0 aliphatic rings. The molecule has 0 bridgehead atoms. The number of hydrogen-bond donors (Lipinski definition) is 2. The molecule has 0 fully saturated rings. The maximum Gasteiger partial charge on any atom is 0.270 e. The molecule has 0 aliphatic carbocycles. The highest BCUT2D eigenvalue weighted by Gasteiger charge is 2.08. The molecule has 2 aromatic heterocycles. The van der Waals surface area contributed by atoms with Gasteiger partial charge in [-0.3, -0.25) is 9.78 Å². The van der Waals surface area contributed by atoms with E-state index in [9.17, 15) is 4.79 Å².